The fraction of sp³-hybridized carbons (Fsp3) is 0.125. The van der Waals surface area contributed by atoms with Crippen molar-refractivity contribution in [3.63, 3.8) is 0 Å². The number of rotatable bonds is 6. The molecule has 0 unspecified atom stereocenters. The predicted octanol–water partition coefficient (Wildman–Crippen LogP) is 4.92. The van der Waals surface area contributed by atoms with Crippen molar-refractivity contribution in [3.8, 4) is 16.9 Å². The van der Waals surface area contributed by atoms with Crippen LogP contribution in [-0.4, -0.2) is 13.1 Å². The van der Waals surface area contributed by atoms with Crippen molar-refractivity contribution in [1.82, 2.24) is 0 Å². The molecule has 5 nitrogen and oxygen atoms in total. The molecule has 0 aliphatic carbocycles. The minimum atomic E-state index is -0.426. The van der Waals surface area contributed by atoms with Gasteiger partial charge in [-0.05, 0) is 53.1 Å². The third-order valence-electron chi connectivity index (χ3n) is 4.77. The Kier molecular flexibility index (Phi) is 5.31. The van der Waals surface area contributed by atoms with E-state index in [-0.39, 0.29) is 0 Å². The molecule has 0 amide bonds. The van der Waals surface area contributed by atoms with Gasteiger partial charge in [0.15, 0.2) is 0 Å². The summed E-state index contributed by atoms with van der Waals surface area (Å²) in [5.74, 6) is 0.0588. The van der Waals surface area contributed by atoms with Crippen LogP contribution in [0, 0.1) is 0 Å². The van der Waals surface area contributed by atoms with Crippen LogP contribution in [0.2, 0.25) is 0 Å². The number of carbonyl (C=O) groups excluding carboxylic acids is 1. The van der Waals surface area contributed by atoms with Crippen LogP contribution in [0.3, 0.4) is 0 Å². The summed E-state index contributed by atoms with van der Waals surface area (Å²) in [5.41, 5.74) is 11.0. The van der Waals surface area contributed by atoms with Crippen molar-refractivity contribution in [3.05, 3.63) is 89.7 Å². The van der Waals surface area contributed by atoms with Gasteiger partial charge in [-0.2, -0.15) is 0 Å². The number of carbonyl (C=O) groups is 1. The van der Waals surface area contributed by atoms with Crippen molar-refractivity contribution in [1.29, 1.82) is 0 Å². The Balaban J connectivity index is 1.68. The number of nitrogens with two attached hydrogens (primary N) is 1. The lowest BCUT2D eigenvalue weighted by molar-refractivity contribution is 0.0595. The highest BCUT2D eigenvalue weighted by molar-refractivity contribution is 5.93. The van der Waals surface area contributed by atoms with Crippen molar-refractivity contribution < 1.29 is 18.7 Å². The molecule has 146 valence electrons. The fourth-order valence-electron chi connectivity index (χ4n) is 3.34. The Morgan fingerprint density at radius 2 is 1.86 bits per heavy atom. The maximum absolute atomic E-state index is 12.0. The van der Waals surface area contributed by atoms with E-state index in [4.69, 9.17) is 19.6 Å². The second-order valence-corrected chi connectivity index (χ2v) is 6.66. The Bertz CT molecular complexity index is 1160. The average molecular weight is 387 g/mol. The van der Waals surface area contributed by atoms with Gasteiger partial charge in [-0.3, -0.25) is 0 Å². The zero-order valence-corrected chi connectivity index (χ0v) is 16.1. The highest BCUT2D eigenvalue weighted by Gasteiger charge is 2.14. The Morgan fingerprint density at radius 3 is 2.69 bits per heavy atom. The first-order chi connectivity index (χ1) is 14.2. The molecule has 0 atom stereocenters. The smallest absolute Gasteiger partial charge is 0.341 e. The van der Waals surface area contributed by atoms with Gasteiger partial charge in [-0.15, -0.1) is 0 Å². The highest BCUT2D eigenvalue weighted by Crippen LogP contribution is 2.32. The average Bonchev–Trinajstić information content (AvgIpc) is 3.25. The summed E-state index contributed by atoms with van der Waals surface area (Å²) in [6.07, 6.45) is 1.68. The van der Waals surface area contributed by atoms with Crippen LogP contribution in [0.15, 0.2) is 77.4 Å². The van der Waals surface area contributed by atoms with Gasteiger partial charge in [0, 0.05) is 17.5 Å². The highest BCUT2D eigenvalue weighted by atomic mass is 16.5. The van der Waals surface area contributed by atoms with Gasteiger partial charge in [-0.1, -0.05) is 30.3 Å². The molecule has 0 aliphatic heterocycles. The van der Waals surface area contributed by atoms with Gasteiger partial charge in [-0.25, -0.2) is 4.79 Å². The van der Waals surface area contributed by atoms with Crippen LogP contribution >= 0.6 is 0 Å². The van der Waals surface area contributed by atoms with E-state index in [1.807, 2.05) is 42.5 Å². The van der Waals surface area contributed by atoms with Crippen LogP contribution in [0.5, 0.6) is 5.75 Å². The van der Waals surface area contributed by atoms with Gasteiger partial charge >= 0.3 is 5.97 Å². The Hall–Kier alpha value is -3.57. The van der Waals surface area contributed by atoms with E-state index in [2.05, 4.69) is 6.07 Å². The fourth-order valence-corrected chi connectivity index (χ4v) is 3.34. The summed E-state index contributed by atoms with van der Waals surface area (Å²) in [6, 6.07) is 21.1. The number of benzene rings is 3. The molecule has 0 bridgehead atoms. The summed E-state index contributed by atoms with van der Waals surface area (Å²) in [5, 5.41) is 0.987. The lowest BCUT2D eigenvalue weighted by atomic mass is 9.99. The molecule has 4 aromatic rings. The molecule has 29 heavy (non-hydrogen) atoms. The summed E-state index contributed by atoms with van der Waals surface area (Å²) in [7, 11) is 1.35. The van der Waals surface area contributed by atoms with E-state index in [1.165, 1.54) is 7.11 Å². The van der Waals surface area contributed by atoms with E-state index >= 15 is 0 Å². The van der Waals surface area contributed by atoms with E-state index in [0.717, 1.165) is 33.2 Å². The third-order valence-corrected chi connectivity index (χ3v) is 4.77. The molecule has 5 heteroatoms. The van der Waals surface area contributed by atoms with Gasteiger partial charge < -0.3 is 19.6 Å². The predicted molar refractivity (Wildman–Crippen MR) is 112 cm³/mol. The number of para-hydroxylation sites is 1. The molecule has 0 spiro atoms. The summed E-state index contributed by atoms with van der Waals surface area (Å²) in [4.78, 5) is 12.0. The molecule has 2 N–H and O–H groups in total. The Morgan fingerprint density at radius 1 is 1.00 bits per heavy atom. The second-order valence-electron chi connectivity index (χ2n) is 6.66. The standard InChI is InChI=1S/C24H21NO4/c1-27-24(26)20-7-2-3-8-22(20)29-15-17-12-19-9-10-28-23(19)21(13-17)18-6-4-5-16(11-18)14-25/h2-13H,14-15,25H2,1H3. The molecule has 4 rings (SSSR count). The third kappa shape index (κ3) is 3.86. The summed E-state index contributed by atoms with van der Waals surface area (Å²) < 4.78 is 16.5. The summed E-state index contributed by atoms with van der Waals surface area (Å²) in [6.45, 7) is 0.779. The quantitative estimate of drug-likeness (QED) is 0.475. The van der Waals surface area contributed by atoms with Gasteiger partial charge in [0.05, 0.1) is 13.4 Å². The minimum absolute atomic E-state index is 0.304. The van der Waals surface area contributed by atoms with Gasteiger partial charge in [0.1, 0.15) is 23.5 Å². The van der Waals surface area contributed by atoms with E-state index in [9.17, 15) is 4.79 Å². The molecule has 1 aromatic heterocycles. The molecule has 3 aromatic carbocycles. The SMILES string of the molecule is COC(=O)c1ccccc1OCc1cc(-c2cccc(CN)c2)c2occc2c1. The normalized spacial score (nSPS) is 10.8. The van der Waals surface area contributed by atoms with Gasteiger partial charge in [0.2, 0.25) is 0 Å². The maximum Gasteiger partial charge on any atom is 0.341 e. The van der Waals surface area contributed by atoms with Crippen molar-refractivity contribution in [2.24, 2.45) is 5.73 Å². The van der Waals surface area contributed by atoms with E-state index < -0.39 is 5.97 Å². The molecule has 0 saturated heterocycles. The lowest BCUT2D eigenvalue weighted by Gasteiger charge is -2.12. The zero-order valence-electron chi connectivity index (χ0n) is 16.1. The number of fused-ring (bicyclic) bond motifs is 1. The van der Waals surface area contributed by atoms with Crippen LogP contribution < -0.4 is 10.5 Å². The monoisotopic (exact) mass is 387 g/mol. The second kappa shape index (κ2) is 8.20. The molecular weight excluding hydrogens is 366 g/mol. The number of furan rings is 1. The zero-order chi connectivity index (χ0) is 20.2. The van der Waals surface area contributed by atoms with Crippen molar-refractivity contribution >= 4 is 16.9 Å². The first-order valence-electron chi connectivity index (χ1n) is 9.29. The van der Waals surface area contributed by atoms with Crippen LogP contribution in [-0.2, 0) is 17.9 Å². The molecule has 0 fully saturated rings. The Labute approximate surface area is 168 Å². The first kappa shape index (κ1) is 18.8. The van der Waals surface area contributed by atoms with Crippen LogP contribution in [0.25, 0.3) is 22.1 Å². The van der Waals surface area contributed by atoms with Crippen LogP contribution in [0.4, 0.5) is 0 Å². The van der Waals surface area contributed by atoms with Crippen molar-refractivity contribution in [2.75, 3.05) is 7.11 Å². The minimum Gasteiger partial charge on any atom is -0.488 e. The van der Waals surface area contributed by atoms with E-state index in [1.54, 1.807) is 24.5 Å². The molecular formula is C24H21NO4. The summed E-state index contributed by atoms with van der Waals surface area (Å²) >= 11 is 0. The van der Waals surface area contributed by atoms with E-state index in [0.29, 0.717) is 24.5 Å². The number of methoxy groups -OCH3 is 1. The molecule has 0 saturated carbocycles. The lowest BCUT2D eigenvalue weighted by Crippen LogP contribution is -2.05. The molecule has 0 aliphatic rings. The number of ether oxygens (including phenoxy) is 2. The number of hydrogen-bond acceptors (Lipinski definition) is 5. The topological polar surface area (TPSA) is 74.7 Å². The largest absolute Gasteiger partial charge is 0.488 e. The number of esters is 1. The molecule has 0 radical (unpaired) electrons. The maximum atomic E-state index is 12.0. The number of hydrogen-bond donors (Lipinski definition) is 1. The molecule has 1 heterocycles. The van der Waals surface area contributed by atoms with Gasteiger partial charge in [0.25, 0.3) is 0 Å². The van der Waals surface area contributed by atoms with Crippen LogP contribution in [0.1, 0.15) is 21.5 Å². The van der Waals surface area contributed by atoms with Crippen molar-refractivity contribution in [2.45, 2.75) is 13.2 Å². The first-order valence-corrected chi connectivity index (χ1v) is 9.29.